The van der Waals surface area contributed by atoms with Crippen LogP contribution in [0.25, 0.3) is 10.8 Å². The first-order chi connectivity index (χ1) is 12.7. The Morgan fingerprint density at radius 3 is 2.85 bits per heavy atom. The minimum atomic E-state index is -0.0409. The summed E-state index contributed by atoms with van der Waals surface area (Å²) in [6.07, 6.45) is 4.03. The van der Waals surface area contributed by atoms with E-state index in [1.807, 2.05) is 30.3 Å². The highest BCUT2D eigenvalue weighted by atomic mass is 35.5. The minimum absolute atomic E-state index is 0.0409. The first-order valence-electron chi connectivity index (χ1n) is 9.02. The number of piperidine rings is 1. The number of halogens is 1. The van der Waals surface area contributed by atoms with Crippen molar-refractivity contribution in [1.29, 1.82) is 0 Å². The SMILES string of the molecule is O=c1[nH]ccc2cc(NC3CCCN(Cc4ccc(Cl)cc4)C3)ccc12. The van der Waals surface area contributed by atoms with E-state index in [-0.39, 0.29) is 5.56 Å². The van der Waals surface area contributed by atoms with Crippen molar-refractivity contribution in [3.8, 4) is 0 Å². The second-order valence-corrected chi connectivity index (χ2v) is 7.39. The van der Waals surface area contributed by atoms with Crippen LogP contribution in [0.15, 0.2) is 59.5 Å². The van der Waals surface area contributed by atoms with Crippen LogP contribution in [-0.2, 0) is 6.54 Å². The maximum absolute atomic E-state index is 11.8. The summed E-state index contributed by atoms with van der Waals surface area (Å²) in [7, 11) is 0. The zero-order valence-corrected chi connectivity index (χ0v) is 15.3. The van der Waals surface area contributed by atoms with E-state index in [0.29, 0.717) is 6.04 Å². The molecule has 0 amide bonds. The molecule has 5 heteroatoms. The summed E-state index contributed by atoms with van der Waals surface area (Å²) in [5.41, 5.74) is 2.32. The Bertz CT molecular complexity index is 951. The van der Waals surface area contributed by atoms with Crippen LogP contribution in [0.5, 0.6) is 0 Å². The van der Waals surface area contributed by atoms with Crippen LogP contribution in [0.3, 0.4) is 0 Å². The number of hydrogen-bond donors (Lipinski definition) is 2. The Labute approximate surface area is 157 Å². The molecule has 134 valence electrons. The summed E-state index contributed by atoms with van der Waals surface area (Å²) in [5.74, 6) is 0. The summed E-state index contributed by atoms with van der Waals surface area (Å²) in [6.45, 7) is 3.08. The Morgan fingerprint density at radius 1 is 1.15 bits per heavy atom. The third-order valence-corrected chi connectivity index (χ3v) is 5.22. The van der Waals surface area contributed by atoms with Gasteiger partial charge in [0.15, 0.2) is 0 Å². The van der Waals surface area contributed by atoms with Gasteiger partial charge >= 0.3 is 0 Å². The fourth-order valence-corrected chi connectivity index (χ4v) is 3.81. The fraction of sp³-hybridized carbons (Fsp3) is 0.286. The summed E-state index contributed by atoms with van der Waals surface area (Å²) < 4.78 is 0. The molecular weight excluding hydrogens is 346 g/mol. The monoisotopic (exact) mass is 367 g/mol. The molecule has 1 atom stereocenters. The highest BCUT2D eigenvalue weighted by molar-refractivity contribution is 6.30. The van der Waals surface area contributed by atoms with Crippen LogP contribution in [0, 0.1) is 0 Å². The number of aromatic amines is 1. The van der Waals surface area contributed by atoms with Crippen molar-refractivity contribution in [2.75, 3.05) is 18.4 Å². The first-order valence-corrected chi connectivity index (χ1v) is 9.40. The summed E-state index contributed by atoms with van der Waals surface area (Å²) in [4.78, 5) is 17.0. The van der Waals surface area contributed by atoms with Gasteiger partial charge in [0.25, 0.3) is 5.56 Å². The van der Waals surface area contributed by atoms with E-state index >= 15 is 0 Å². The van der Waals surface area contributed by atoms with E-state index in [0.717, 1.165) is 47.5 Å². The highest BCUT2D eigenvalue weighted by Gasteiger charge is 2.20. The van der Waals surface area contributed by atoms with Crippen LogP contribution >= 0.6 is 11.6 Å². The summed E-state index contributed by atoms with van der Waals surface area (Å²) >= 11 is 5.97. The Kier molecular flexibility index (Phi) is 4.96. The largest absolute Gasteiger partial charge is 0.381 e. The maximum atomic E-state index is 11.8. The van der Waals surface area contributed by atoms with Gasteiger partial charge in [0.1, 0.15) is 0 Å². The molecule has 26 heavy (non-hydrogen) atoms. The molecule has 1 aromatic heterocycles. The Hall–Kier alpha value is -2.30. The van der Waals surface area contributed by atoms with Crippen LogP contribution < -0.4 is 10.9 Å². The molecular formula is C21H22ClN3O. The molecule has 0 saturated carbocycles. The van der Waals surface area contributed by atoms with E-state index in [2.05, 4.69) is 33.4 Å². The van der Waals surface area contributed by atoms with Gasteiger partial charge in [-0.25, -0.2) is 0 Å². The molecule has 1 aliphatic heterocycles. The average molecular weight is 368 g/mol. The number of likely N-dealkylation sites (tertiary alicyclic amines) is 1. The van der Waals surface area contributed by atoms with E-state index < -0.39 is 0 Å². The lowest BCUT2D eigenvalue weighted by atomic mass is 10.0. The van der Waals surface area contributed by atoms with Gasteiger partial charge in [-0.1, -0.05) is 23.7 Å². The van der Waals surface area contributed by atoms with Gasteiger partial charge in [-0.15, -0.1) is 0 Å². The molecule has 1 unspecified atom stereocenters. The standard InChI is InChI=1S/C21H22ClN3O/c22-17-5-3-15(4-6-17)13-25-11-1-2-19(14-25)24-18-7-8-20-16(12-18)9-10-23-21(20)26/h3-10,12,19,24H,1-2,11,13-14H2,(H,23,26). The predicted molar refractivity (Wildman–Crippen MR) is 108 cm³/mol. The van der Waals surface area contributed by atoms with E-state index in [4.69, 9.17) is 11.6 Å². The summed E-state index contributed by atoms with van der Waals surface area (Å²) in [6, 6.07) is 16.4. The number of nitrogens with zero attached hydrogens (tertiary/aromatic N) is 1. The topological polar surface area (TPSA) is 48.1 Å². The second-order valence-electron chi connectivity index (χ2n) is 6.95. The number of anilines is 1. The number of H-pyrrole nitrogens is 1. The molecule has 1 saturated heterocycles. The lowest BCUT2D eigenvalue weighted by Crippen LogP contribution is -2.41. The van der Waals surface area contributed by atoms with E-state index in [1.54, 1.807) is 6.20 Å². The van der Waals surface area contributed by atoms with Crippen molar-refractivity contribution < 1.29 is 0 Å². The number of hydrogen-bond acceptors (Lipinski definition) is 3. The average Bonchev–Trinajstić information content (AvgIpc) is 2.64. The lowest BCUT2D eigenvalue weighted by molar-refractivity contribution is 0.208. The second kappa shape index (κ2) is 7.52. The quantitative estimate of drug-likeness (QED) is 0.724. The number of nitrogens with one attached hydrogen (secondary N) is 2. The van der Waals surface area contributed by atoms with Crippen LogP contribution in [0.2, 0.25) is 5.02 Å². The highest BCUT2D eigenvalue weighted by Crippen LogP contribution is 2.21. The van der Waals surface area contributed by atoms with E-state index in [9.17, 15) is 4.79 Å². The smallest absolute Gasteiger partial charge is 0.255 e. The molecule has 1 fully saturated rings. The van der Waals surface area contributed by atoms with Crippen LogP contribution in [-0.4, -0.2) is 29.0 Å². The molecule has 2 heterocycles. The fourth-order valence-electron chi connectivity index (χ4n) is 3.68. The van der Waals surface area contributed by atoms with Gasteiger partial charge in [-0.05, 0) is 66.7 Å². The van der Waals surface area contributed by atoms with Crippen molar-refractivity contribution >= 4 is 28.1 Å². The van der Waals surface area contributed by atoms with Crippen LogP contribution in [0.4, 0.5) is 5.69 Å². The van der Waals surface area contributed by atoms with Gasteiger partial charge in [0.05, 0.1) is 0 Å². The lowest BCUT2D eigenvalue weighted by Gasteiger charge is -2.33. The molecule has 3 aromatic rings. The Balaban J connectivity index is 1.43. The number of pyridine rings is 1. The number of fused-ring (bicyclic) bond motifs is 1. The number of aromatic nitrogens is 1. The third kappa shape index (κ3) is 3.92. The number of rotatable bonds is 4. The van der Waals surface area contributed by atoms with Crippen LogP contribution in [0.1, 0.15) is 18.4 Å². The first kappa shape index (κ1) is 17.1. The van der Waals surface area contributed by atoms with Crippen molar-refractivity contribution in [1.82, 2.24) is 9.88 Å². The van der Waals surface area contributed by atoms with Gasteiger partial charge < -0.3 is 10.3 Å². The molecule has 0 spiro atoms. The molecule has 0 aliphatic carbocycles. The molecule has 0 bridgehead atoms. The predicted octanol–water partition coefficient (Wildman–Crippen LogP) is 4.26. The molecule has 1 aliphatic rings. The van der Waals surface area contributed by atoms with E-state index in [1.165, 1.54) is 12.0 Å². The van der Waals surface area contributed by atoms with Gasteiger partial charge in [0, 0.05) is 41.4 Å². The van der Waals surface area contributed by atoms with Crippen molar-refractivity contribution in [3.05, 3.63) is 75.7 Å². The Morgan fingerprint density at radius 2 is 2.00 bits per heavy atom. The van der Waals surface area contributed by atoms with Crippen molar-refractivity contribution in [2.45, 2.75) is 25.4 Å². The zero-order valence-electron chi connectivity index (χ0n) is 14.5. The molecule has 0 radical (unpaired) electrons. The maximum Gasteiger partial charge on any atom is 0.255 e. The molecule has 2 N–H and O–H groups in total. The van der Waals surface area contributed by atoms with Gasteiger partial charge in [0.2, 0.25) is 0 Å². The zero-order chi connectivity index (χ0) is 17.9. The van der Waals surface area contributed by atoms with Gasteiger partial charge in [-0.3, -0.25) is 9.69 Å². The molecule has 4 nitrogen and oxygen atoms in total. The molecule has 4 rings (SSSR count). The normalized spacial score (nSPS) is 18.1. The molecule has 2 aromatic carbocycles. The number of benzene rings is 2. The third-order valence-electron chi connectivity index (χ3n) is 4.97. The van der Waals surface area contributed by atoms with Crippen molar-refractivity contribution in [2.24, 2.45) is 0 Å². The minimum Gasteiger partial charge on any atom is -0.381 e. The van der Waals surface area contributed by atoms with Gasteiger partial charge in [-0.2, -0.15) is 0 Å². The van der Waals surface area contributed by atoms with Crippen molar-refractivity contribution in [3.63, 3.8) is 0 Å². The summed E-state index contributed by atoms with van der Waals surface area (Å²) in [5, 5.41) is 6.12.